The van der Waals surface area contributed by atoms with E-state index in [9.17, 15) is 15.0 Å². The highest BCUT2D eigenvalue weighted by Gasteiger charge is 2.42. The Labute approximate surface area is 81.1 Å². The van der Waals surface area contributed by atoms with Gasteiger partial charge in [-0.3, -0.25) is 4.79 Å². The van der Waals surface area contributed by atoms with Gasteiger partial charge in [-0.15, -0.1) is 0 Å². The van der Waals surface area contributed by atoms with Gasteiger partial charge in [0.05, 0.1) is 0 Å². The van der Waals surface area contributed by atoms with E-state index in [4.69, 9.17) is 10.0 Å². The summed E-state index contributed by atoms with van der Waals surface area (Å²) < 4.78 is 0. The molecule has 0 atom stereocenters. The number of hydrogen-bond donors (Lipinski definition) is 4. The van der Waals surface area contributed by atoms with E-state index in [1.807, 2.05) is 0 Å². The van der Waals surface area contributed by atoms with Gasteiger partial charge in [0.25, 0.3) is 5.79 Å². The molecule has 0 aromatic heterocycles. The quantitative estimate of drug-likeness (QED) is 0.320. The van der Waals surface area contributed by atoms with E-state index in [1.165, 1.54) is 0 Å². The molecule has 0 unspecified atom stereocenters. The van der Waals surface area contributed by atoms with E-state index in [0.29, 0.717) is 0 Å². The van der Waals surface area contributed by atoms with Crippen molar-refractivity contribution >= 4 is 12.9 Å². The molecule has 1 aliphatic carbocycles. The van der Waals surface area contributed by atoms with E-state index < -0.39 is 18.7 Å². The summed E-state index contributed by atoms with van der Waals surface area (Å²) in [4.78, 5) is 11.1. The fraction of sp³-hybridized carbons (Fsp3) is 0.375. The van der Waals surface area contributed by atoms with E-state index >= 15 is 0 Å². The fourth-order valence-electron chi connectivity index (χ4n) is 1.47. The summed E-state index contributed by atoms with van der Waals surface area (Å²) >= 11 is 0. The average molecular weight is 198 g/mol. The summed E-state index contributed by atoms with van der Waals surface area (Å²) in [6, 6.07) is 0. The highest BCUT2D eigenvalue weighted by atomic mass is 16.5. The smallest absolute Gasteiger partial charge is 0.423 e. The molecule has 4 N–H and O–H groups in total. The first-order chi connectivity index (χ1) is 6.41. The van der Waals surface area contributed by atoms with Crippen molar-refractivity contribution < 1.29 is 25.1 Å². The van der Waals surface area contributed by atoms with E-state index in [0.717, 1.165) is 6.08 Å². The van der Waals surface area contributed by atoms with Crippen molar-refractivity contribution in [2.24, 2.45) is 0 Å². The largest absolute Gasteiger partial charge is 0.484 e. The van der Waals surface area contributed by atoms with Crippen LogP contribution in [-0.4, -0.2) is 38.9 Å². The van der Waals surface area contributed by atoms with Gasteiger partial charge < -0.3 is 20.3 Å². The van der Waals surface area contributed by atoms with Crippen LogP contribution in [0, 0.1) is 0 Å². The number of carbonyl (C=O) groups is 1. The fourth-order valence-corrected chi connectivity index (χ4v) is 1.47. The molecule has 14 heavy (non-hydrogen) atoms. The lowest BCUT2D eigenvalue weighted by Gasteiger charge is -2.28. The van der Waals surface area contributed by atoms with Gasteiger partial charge >= 0.3 is 7.12 Å². The molecule has 0 radical (unpaired) electrons. The second-order valence-electron chi connectivity index (χ2n) is 3.11. The van der Waals surface area contributed by atoms with Gasteiger partial charge in [-0.05, 0) is 11.9 Å². The van der Waals surface area contributed by atoms with Crippen LogP contribution >= 0.6 is 0 Å². The van der Waals surface area contributed by atoms with E-state index in [2.05, 4.69) is 6.58 Å². The van der Waals surface area contributed by atoms with Crippen molar-refractivity contribution in [3.8, 4) is 0 Å². The summed E-state index contributed by atoms with van der Waals surface area (Å²) in [6.07, 6.45) is 1.02. The minimum absolute atomic E-state index is 0.0181. The van der Waals surface area contributed by atoms with Gasteiger partial charge in [-0.25, -0.2) is 0 Å². The molecule has 0 fully saturated rings. The predicted molar refractivity (Wildman–Crippen MR) is 48.8 cm³/mol. The maximum atomic E-state index is 11.1. The highest BCUT2D eigenvalue weighted by molar-refractivity contribution is 6.51. The van der Waals surface area contributed by atoms with Crippen LogP contribution in [0.15, 0.2) is 23.7 Å². The maximum absolute atomic E-state index is 11.1. The lowest BCUT2D eigenvalue weighted by atomic mass is 9.68. The number of Topliss-reactive ketones (excluding diaryl/α,β-unsaturated/α-hetero) is 1. The molecule has 0 amide bonds. The van der Waals surface area contributed by atoms with Crippen LogP contribution in [0.25, 0.3) is 0 Å². The van der Waals surface area contributed by atoms with E-state index in [-0.39, 0.29) is 23.9 Å². The van der Waals surface area contributed by atoms with Crippen molar-refractivity contribution in [1.82, 2.24) is 0 Å². The molecular weight excluding hydrogens is 187 g/mol. The van der Waals surface area contributed by atoms with Gasteiger partial charge in [0, 0.05) is 12.0 Å². The van der Waals surface area contributed by atoms with Gasteiger partial charge in [-0.1, -0.05) is 12.7 Å². The summed E-state index contributed by atoms with van der Waals surface area (Å²) in [7, 11) is -1.80. The Balaban J connectivity index is 3.24. The van der Waals surface area contributed by atoms with Crippen LogP contribution in [0.3, 0.4) is 0 Å². The standard InChI is InChI=1S/C8H11BO5/c1-2-5-6(9(13)14)3-4-7(10)8(5,11)12/h2,11-14H,1,3-4H2. The minimum atomic E-state index is -2.64. The second kappa shape index (κ2) is 3.66. The van der Waals surface area contributed by atoms with Gasteiger partial charge in [0.1, 0.15) is 0 Å². The average Bonchev–Trinajstić information content (AvgIpc) is 2.08. The molecule has 0 aromatic carbocycles. The number of carbonyl (C=O) groups excluding carboxylic acids is 1. The summed E-state index contributed by atoms with van der Waals surface area (Å²) in [6.45, 7) is 3.29. The molecule has 1 aliphatic rings. The molecule has 0 spiro atoms. The molecule has 76 valence electrons. The lowest BCUT2D eigenvalue weighted by Crippen LogP contribution is -2.45. The van der Waals surface area contributed by atoms with Crippen LogP contribution in [0.2, 0.25) is 0 Å². The van der Waals surface area contributed by atoms with Crippen molar-refractivity contribution in [1.29, 1.82) is 0 Å². The zero-order valence-corrected chi connectivity index (χ0v) is 7.47. The Hall–Kier alpha value is -0.945. The van der Waals surface area contributed by atoms with Gasteiger partial charge in [-0.2, -0.15) is 0 Å². The Bertz CT molecular complexity index is 305. The van der Waals surface area contributed by atoms with Crippen molar-refractivity contribution in [3.63, 3.8) is 0 Å². The van der Waals surface area contributed by atoms with Crippen LogP contribution < -0.4 is 0 Å². The third kappa shape index (κ3) is 1.65. The topological polar surface area (TPSA) is 98.0 Å². The van der Waals surface area contributed by atoms with Crippen molar-refractivity contribution in [2.75, 3.05) is 0 Å². The van der Waals surface area contributed by atoms with Crippen molar-refractivity contribution in [2.45, 2.75) is 18.6 Å². The minimum Gasteiger partial charge on any atom is -0.423 e. The molecule has 0 saturated heterocycles. The summed E-state index contributed by atoms with van der Waals surface area (Å²) in [5, 5.41) is 36.6. The zero-order chi connectivity index (χ0) is 10.9. The summed E-state index contributed by atoms with van der Waals surface area (Å²) in [5.74, 6) is -3.41. The molecule has 0 heterocycles. The SMILES string of the molecule is C=CC1=C(B(O)O)CCC(=O)C1(O)O. The molecule has 0 bridgehead atoms. The summed E-state index contributed by atoms with van der Waals surface area (Å²) in [5.41, 5.74) is -0.214. The third-order valence-electron chi connectivity index (χ3n) is 2.25. The first kappa shape index (κ1) is 11.1. The molecule has 0 saturated carbocycles. The van der Waals surface area contributed by atoms with Crippen LogP contribution in [-0.2, 0) is 4.79 Å². The second-order valence-corrected chi connectivity index (χ2v) is 3.11. The Morgan fingerprint density at radius 2 is 1.93 bits per heavy atom. The molecular formula is C8H11BO5. The Morgan fingerprint density at radius 1 is 1.36 bits per heavy atom. The molecule has 0 aromatic rings. The predicted octanol–water partition coefficient (Wildman–Crippen LogP) is -1.48. The third-order valence-corrected chi connectivity index (χ3v) is 2.25. The number of allylic oxidation sites excluding steroid dienone is 1. The Kier molecular flexibility index (Phi) is 2.91. The molecule has 0 aliphatic heterocycles. The van der Waals surface area contributed by atoms with Gasteiger partial charge in [0.2, 0.25) is 0 Å². The molecule has 5 nitrogen and oxygen atoms in total. The van der Waals surface area contributed by atoms with Gasteiger partial charge in [0.15, 0.2) is 5.78 Å². The lowest BCUT2D eigenvalue weighted by molar-refractivity contribution is -0.169. The first-order valence-electron chi connectivity index (χ1n) is 4.11. The monoisotopic (exact) mass is 198 g/mol. The zero-order valence-electron chi connectivity index (χ0n) is 7.47. The number of ketones is 1. The number of rotatable bonds is 2. The first-order valence-corrected chi connectivity index (χ1v) is 4.11. The number of hydrogen-bond acceptors (Lipinski definition) is 5. The van der Waals surface area contributed by atoms with Crippen molar-refractivity contribution in [3.05, 3.63) is 23.7 Å². The molecule has 6 heteroatoms. The van der Waals surface area contributed by atoms with E-state index in [1.54, 1.807) is 0 Å². The van der Waals surface area contributed by atoms with Crippen LogP contribution in [0.1, 0.15) is 12.8 Å². The Morgan fingerprint density at radius 3 is 2.36 bits per heavy atom. The molecule has 1 rings (SSSR count). The van der Waals surface area contributed by atoms with Crippen LogP contribution in [0.5, 0.6) is 0 Å². The highest BCUT2D eigenvalue weighted by Crippen LogP contribution is 2.30. The van der Waals surface area contributed by atoms with Crippen LogP contribution in [0.4, 0.5) is 0 Å². The normalized spacial score (nSPS) is 21.0. The maximum Gasteiger partial charge on any atom is 0.484 e. The number of aliphatic hydroxyl groups is 2.